The van der Waals surface area contributed by atoms with Gasteiger partial charge >= 0.3 is 0 Å². The Balaban J connectivity index is 2.43. The van der Waals surface area contributed by atoms with Crippen LogP contribution < -0.4 is 15.8 Å². The highest BCUT2D eigenvalue weighted by atomic mass is 32.2. The predicted molar refractivity (Wildman–Crippen MR) is 77.1 cm³/mol. The highest BCUT2D eigenvalue weighted by molar-refractivity contribution is 7.90. The Morgan fingerprint density at radius 3 is 2.45 bits per heavy atom. The molecular formula is C13H20N2O4S. The Kier molecular flexibility index (Phi) is 5.97. The van der Waals surface area contributed by atoms with Crippen molar-refractivity contribution >= 4 is 15.7 Å². The van der Waals surface area contributed by atoms with Crippen molar-refractivity contribution in [3.05, 3.63) is 29.8 Å². The molecule has 20 heavy (non-hydrogen) atoms. The monoisotopic (exact) mass is 300 g/mol. The van der Waals surface area contributed by atoms with Crippen LogP contribution in [0.1, 0.15) is 12.5 Å². The molecule has 1 rings (SSSR count). The number of carbonyl (C=O) groups is 1. The van der Waals surface area contributed by atoms with Crippen molar-refractivity contribution in [3.63, 3.8) is 0 Å². The largest absolute Gasteiger partial charge is 0.484 e. The molecular weight excluding hydrogens is 280 g/mol. The minimum absolute atomic E-state index is 0.104. The number of rotatable bonds is 8. The lowest BCUT2D eigenvalue weighted by atomic mass is 10.2. The highest BCUT2D eigenvalue weighted by Crippen LogP contribution is 2.12. The molecule has 1 aromatic rings. The molecule has 0 saturated carbocycles. The maximum atomic E-state index is 11.1. The molecule has 3 N–H and O–H groups in total. The van der Waals surface area contributed by atoms with Crippen LogP contribution in [0.4, 0.5) is 0 Å². The summed E-state index contributed by atoms with van der Waals surface area (Å²) in [7, 11) is -2.98. The summed E-state index contributed by atoms with van der Waals surface area (Å²) in [6.07, 6.45) is 1.22. The van der Waals surface area contributed by atoms with Crippen LogP contribution in [0, 0.1) is 0 Å². The van der Waals surface area contributed by atoms with E-state index >= 15 is 0 Å². The van der Waals surface area contributed by atoms with Crippen LogP contribution >= 0.6 is 0 Å². The molecule has 0 bridgehead atoms. The standard InChI is InChI=1S/C13H20N2O4S/c1-10(9-20(2,17)18)15-7-11-3-5-12(6-4-11)19-8-13(14)16/h3-6,10,15H,7-9H2,1-2H3,(H2,14,16). The number of hydrogen-bond donors (Lipinski definition) is 2. The molecule has 0 aliphatic rings. The Morgan fingerprint density at radius 1 is 1.35 bits per heavy atom. The lowest BCUT2D eigenvalue weighted by molar-refractivity contribution is -0.119. The Morgan fingerprint density at radius 2 is 1.95 bits per heavy atom. The zero-order valence-corrected chi connectivity index (χ0v) is 12.4. The number of amides is 1. The van der Waals surface area contributed by atoms with Gasteiger partial charge in [-0.2, -0.15) is 0 Å². The zero-order chi connectivity index (χ0) is 15.2. The van der Waals surface area contributed by atoms with Gasteiger partial charge < -0.3 is 15.8 Å². The summed E-state index contributed by atoms with van der Waals surface area (Å²) in [5.41, 5.74) is 5.98. The Labute approximate surface area is 119 Å². The van der Waals surface area contributed by atoms with Gasteiger partial charge in [0.05, 0.1) is 5.75 Å². The topological polar surface area (TPSA) is 98.5 Å². The molecule has 0 saturated heterocycles. The van der Waals surface area contributed by atoms with Gasteiger partial charge in [-0.15, -0.1) is 0 Å². The molecule has 1 aromatic carbocycles. The summed E-state index contributed by atoms with van der Waals surface area (Å²) in [4.78, 5) is 10.6. The third-order valence-electron chi connectivity index (χ3n) is 2.51. The molecule has 7 heteroatoms. The van der Waals surface area contributed by atoms with Gasteiger partial charge in [-0.25, -0.2) is 8.42 Å². The van der Waals surface area contributed by atoms with Crippen LogP contribution in [0.3, 0.4) is 0 Å². The smallest absolute Gasteiger partial charge is 0.255 e. The van der Waals surface area contributed by atoms with Gasteiger partial charge in [-0.3, -0.25) is 4.79 Å². The van der Waals surface area contributed by atoms with Crippen molar-refractivity contribution < 1.29 is 17.9 Å². The molecule has 112 valence electrons. The van der Waals surface area contributed by atoms with Crippen molar-refractivity contribution in [2.75, 3.05) is 18.6 Å². The van der Waals surface area contributed by atoms with E-state index in [1.807, 2.05) is 19.1 Å². The molecule has 0 fully saturated rings. The fourth-order valence-electron chi connectivity index (χ4n) is 1.66. The fourth-order valence-corrected chi connectivity index (χ4v) is 2.69. The van der Waals surface area contributed by atoms with Crippen LogP contribution in [0.2, 0.25) is 0 Å². The van der Waals surface area contributed by atoms with Gasteiger partial charge in [0.2, 0.25) is 0 Å². The number of nitrogens with one attached hydrogen (secondary N) is 1. The minimum atomic E-state index is -2.98. The van der Waals surface area contributed by atoms with E-state index in [0.29, 0.717) is 12.3 Å². The average molecular weight is 300 g/mol. The second-order valence-electron chi connectivity index (χ2n) is 4.77. The van der Waals surface area contributed by atoms with E-state index in [2.05, 4.69) is 5.32 Å². The van der Waals surface area contributed by atoms with E-state index in [9.17, 15) is 13.2 Å². The van der Waals surface area contributed by atoms with Crippen LogP contribution in [0.25, 0.3) is 0 Å². The van der Waals surface area contributed by atoms with E-state index in [1.165, 1.54) is 6.26 Å². The molecule has 1 amide bonds. The van der Waals surface area contributed by atoms with E-state index < -0.39 is 15.7 Å². The summed E-state index contributed by atoms with van der Waals surface area (Å²) >= 11 is 0. The number of benzene rings is 1. The van der Waals surface area contributed by atoms with E-state index in [-0.39, 0.29) is 18.4 Å². The molecule has 1 unspecified atom stereocenters. The number of nitrogens with two attached hydrogens (primary N) is 1. The molecule has 0 radical (unpaired) electrons. The quantitative estimate of drug-likeness (QED) is 0.708. The van der Waals surface area contributed by atoms with Gasteiger partial charge in [0.15, 0.2) is 6.61 Å². The lowest BCUT2D eigenvalue weighted by Crippen LogP contribution is -2.32. The number of hydrogen-bond acceptors (Lipinski definition) is 5. The van der Waals surface area contributed by atoms with Crippen molar-refractivity contribution in [2.24, 2.45) is 5.73 Å². The van der Waals surface area contributed by atoms with Gasteiger partial charge in [-0.05, 0) is 24.6 Å². The summed E-state index contributed by atoms with van der Waals surface area (Å²) in [5, 5.41) is 3.13. The molecule has 0 aliphatic carbocycles. The molecule has 0 heterocycles. The minimum Gasteiger partial charge on any atom is -0.484 e. The highest BCUT2D eigenvalue weighted by Gasteiger charge is 2.09. The SMILES string of the molecule is CC(CS(C)(=O)=O)NCc1ccc(OCC(N)=O)cc1. The first kappa shape index (κ1) is 16.5. The summed E-state index contributed by atoms with van der Waals surface area (Å²) < 4.78 is 27.4. The Bertz CT molecular complexity index is 540. The fraction of sp³-hybridized carbons (Fsp3) is 0.462. The summed E-state index contributed by atoms with van der Waals surface area (Å²) in [5.74, 6) is 0.148. The van der Waals surface area contributed by atoms with Crippen LogP contribution in [-0.4, -0.2) is 39.0 Å². The van der Waals surface area contributed by atoms with Gasteiger partial charge in [-0.1, -0.05) is 12.1 Å². The second-order valence-corrected chi connectivity index (χ2v) is 6.96. The molecule has 6 nitrogen and oxygen atoms in total. The first-order valence-electron chi connectivity index (χ1n) is 6.17. The number of carbonyl (C=O) groups excluding carboxylic acids is 1. The maximum absolute atomic E-state index is 11.1. The first-order chi connectivity index (χ1) is 9.26. The van der Waals surface area contributed by atoms with E-state index in [1.54, 1.807) is 12.1 Å². The summed E-state index contributed by atoms with van der Waals surface area (Å²) in [6.45, 7) is 2.24. The molecule has 0 spiro atoms. The first-order valence-corrected chi connectivity index (χ1v) is 8.23. The van der Waals surface area contributed by atoms with Crippen LogP contribution in [0.15, 0.2) is 24.3 Å². The van der Waals surface area contributed by atoms with Gasteiger partial charge in [0.1, 0.15) is 15.6 Å². The molecule has 0 aliphatic heterocycles. The van der Waals surface area contributed by atoms with Crippen LogP contribution in [-0.2, 0) is 21.2 Å². The van der Waals surface area contributed by atoms with Crippen LogP contribution in [0.5, 0.6) is 5.75 Å². The van der Waals surface area contributed by atoms with E-state index in [0.717, 1.165) is 5.56 Å². The van der Waals surface area contributed by atoms with Gasteiger partial charge in [0.25, 0.3) is 5.91 Å². The molecule has 0 aromatic heterocycles. The maximum Gasteiger partial charge on any atom is 0.255 e. The number of sulfone groups is 1. The van der Waals surface area contributed by atoms with Crippen molar-refractivity contribution in [1.29, 1.82) is 0 Å². The summed E-state index contributed by atoms with van der Waals surface area (Å²) in [6, 6.07) is 7.05. The van der Waals surface area contributed by atoms with E-state index in [4.69, 9.17) is 10.5 Å². The Hall–Kier alpha value is -1.60. The zero-order valence-electron chi connectivity index (χ0n) is 11.6. The van der Waals surface area contributed by atoms with Crippen molar-refractivity contribution in [2.45, 2.75) is 19.5 Å². The van der Waals surface area contributed by atoms with Crippen molar-refractivity contribution in [1.82, 2.24) is 5.32 Å². The number of primary amides is 1. The van der Waals surface area contributed by atoms with Crippen molar-refractivity contribution in [3.8, 4) is 5.75 Å². The second kappa shape index (κ2) is 7.25. The third-order valence-corrected chi connectivity index (χ3v) is 3.62. The molecule has 1 atom stereocenters. The normalized spacial score (nSPS) is 12.9. The van der Waals surface area contributed by atoms with Gasteiger partial charge in [0, 0.05) is 18.8 Å². The third kappa shape index (κ3) is 7.10. The lowest BCUT2D eigenvalue weighted by Gasteiger charge is -2.13. The number of ether oxygens (including phenoxy) is 1. The predicted octanol–water partition coefficient (Wildman–Crippen LogP) is 0.0734. The average Bonchev–Trinajstić information content (AvgIpc) is 2.33.